The quantitative estimate of drug-likeness (QED) is 0.721. The highest BCUT2D eigenvalue weighted by Gasteiger charge is 2.21. The number of aliphatic carboxylic acids is 1. The van der Waals surface area contributed by atoms with Crippen LogP contribution in [0.15, 0.2) is 53.4 Å². The molecule has 0 radical (unpaired) electrons. The van der Waals surface area contributed by atoms with Gasteiger partial charge in [0.1, 0.15) is 0 Å². The Morgan fingerprint density at radius 1 is 0.963 bits per heavy atom. The molecule has 7 nitrogen and oxygen atoms in total. The van der Waals surface area contributed by atoms with Crippen LogP contribution < -0.4 is 5.32 Å². The molecule has 0 aliphatic rings. The third kappa shape index (κ3) is 5.15. The van der Waals surface area contributed by atoms with Crippen LogP contribution in [0.25, 0.3) is 0 Å². The second-order valence-corrected chi connectivity index (χ2v) is 7.77. The first kappa shape index (κ1) is 20.6. The molecule has 27 heavy (non-hydrogen) atoms. The van der Waals surface area contributed by atoms with Crippen molar-refractivity contribution in [2.24, 2.45) is 0 Å². The highest BCUT2D eigenvalue weighted by Crippen LogP contribution is 2.17. The van der Waals surface area contributed by atoms with Gasteiger partial charge in [-0.15, -0.1) is 0 Å². The summed E-state index contributed by atoms with van der Waals surface area (Å²) in [7, 11) is -3.56. The van der Waals surface area contributed by atoms with E-state index >= 15 is 0 Å². The second-order valence-electron chi connectivity index (χ2n) is 5.84. The monoisotopic (exact) mass is 390 g/mol. The molecular formula is C19H22N2O5S. The van der Waals surface area contributed by atoms with E-state index in [0.29, 0.717) is 29.9 Å². The largest absolute Gasteiger partial charge is 0.481 e. The molecule has 2 aromatic rings. The smallest absolute Gasteiger partial charge is 0.307 e. The van der Waals surface area contributed by atoms with Gasteiger partial charge in [0.05, 0.1) is 11.3 Å². The van der Waals surface area contributed by atoms with Gasteiger partial charge < -0.3 is 10.4 Å². The number of hydrogen-bond donors (Lipinski definition) is 2. The molecule has 2 aromatic carbocycles. The maximum absolute atomic E-state index is 12.5. The van der Waals surface area contributed by atoms with Crippen LogP contribution in [0, 0.1) is 0 Å². The minimum Gasteiger partial charge on any atom is -0.481 e. The molecule has 8 heteroatoms. The van der Waals surface area contributed by atoms with Crippen LogP contribution in [-0.2, 0) is 21.2 Å². The minimum atomic E-state index is -3.56. The summed E-state index contributed by atoms with van der Waals surface area (Å²) in [4.78, 5) is 23.1. The van der Waals surface area contributed by atoms with Crippen molar-refractivity contribution in [3.05, 3.63) is 59.7 Å². The number of benzene rings is 2. The van der Waals surface area contributed by atoms with Crippen LogP contribution in [0.5, 0.6) is 0 Å². The molecule has 0 aromatic heterocycles. The van der Waals surface area contributed by atoms with Gasteiger partial charge in [0.15, 0.2) is 0 Å². The topological polar surface area (TPSA) is 104 Å². The fourth-order valence-electron chi connectivity index (χ4n) is 2.57. The Morgan fingerprint density at radius 3 is 2.00 bits per heavy atom. The summed E-state index contributed by atoms with van der Waals surface area (Å²) in [6.45, 7) is 4.28. The molecule has 0 heterocycles. The molecule has 2 rings (SSSR count). The van der Waals surface area contributed by atoms with Gasteiger partial charge in [0, 0.05) is 24.3 Å². The van der Waals surface area contributed by atoms with E-state index in [9.17, 15) is 18.0 Å². The number of nitrogens with one attached hydrogen (secondary N) is 1. The zero-order chi connectivity index (χ0) is 20.0. The lowest BCUT2D eigenvalue weighted by molar-refractivity contribution is -0.136. The molecule has 0 saturated heterocycles. The average molecular weight is 390 g/mol. The van der Waals surface area contributed by atoms with E-state index in [4.69, 9.17) is 5.11 Å². The van der Waals surface area contributed by atoms with E-state index in [1.165, 1.54) is 28.6 Å². The van der Waals surface area contributed by atoms with Crippen LogP contribution >= 0.6 is 0 Å². The number of sulfonamides is 1. The average Bonchev–Trinajstić information content (AvgIpc) is 2.64. The zero-order valence-corrected chi connectivity index (χ0v) is 16.0. The van der Waals surface area contributed by atoms with Gasteiger partial charge in [-0.05, 0) is 42.0 Å². The van der Waals surface area contributed by atoms with E-state index in [2.05, 4.69) is 5.32 Å². The molecule has 0 unspecified atom stereocenters. The SMILES string of the molecule is CCN(CC)S(=O)(=O)c1ccc(C(=O)Nc2ccc(CC(=O)O)cc2)cc1. The predicted molar refractivity (Wildman–Crippen MR) is 102 cm³/mol. The van der Waals surface area contributed by atoms with Crippen molar-refractivity contribution in [2.75, 3.05) is 18.4 Å². The number of carboxylic acids is 1. The lowest BCUT2D eigenvalue weighted by atomic mass is 10.1. The van der Waals surface area contributed by atoms with Gasteiger partial charge in [-0.2, -0.15) is 4.31 Å². The molecule has 0 fully saturated rings. The Bertz CT molecular complexity index is 902. The second kappa shape index (κ2) is 8.79. The van der Waals surface area contributed by atoms with Crippen LogP contribution in [0.1, 0.15) is 29.8 Å². The summed E-state index contributed by atoms with van der Waals surface area (Å²) in [6.07, 6.45) is -0.0866. The number of carbonyl (C=O) groups excluding carboxylic acids is 1. The van der Waals surface area contributed by atoms with Crippen LogP contribution in [0.2, 0.25) is 0 Å². The summed E-state index contributed by atoms with van der Waals surface area (Å²) in [5, 5.41) is 11.5. The van der Waals surface area contributed by atoms with Crippen molar-refractivity contribution < 1.29 is 23.1 Å². The molecule has 1 amide bonds. The summed E-state index contributed by atoms with van der Waals surface area (Å²) in [5.74, 6) is -1.31. The summed E-state index contributed by atoms with van der Waals surface area (Å²) in [5.41, 5.74) is 1.48. The van der Waals surface area contributed by atoms with Crippen molar-refractivity contribution >= 4 is 27.6 Å². The number of amides is 1. The zero-order valence-electron chi connectivity index (χ0n) is 15.2. The molecular weight excluding hydrogens is 368 g/mol. The van der Waals surface area contributed by atoms with Gasteiger partial charge >= 0.3 is 5.97 Å². The van der Waals surface area contributed by atoms with Crippen molar-refractivity contribution in [3.8, 4) is 0 Å². The summed E-state index contributed by atoms with van der Waals surface area (Å²) < 4.78 is 26.3. The third-order valence-electron chi connectivity index (χ3n) is 4.03. The number of hydrogen-bond acceptors (Lipinski definition) is 4. The lowest BCUT2D eigenvalue weighted by Crippen LogP contribution is -2.30. The first-order chi connectivity index (χ1) is 12.8. The number of anilines is 1. The fourth-order valence-corrected chi connectivity index (χ4v) is 4.03. The Labute approximate surface area is 158 Å². The van der Waals surface area contributed by atoms with Crippen LogP contribution in [-0.4, -0.2) is 42.8 Å². The normalized spacial score (nSPS) is 11.4. The summed E-state index contributed by atoms with van der Waals surface area (Å²) in [6, 6.07) is 12.3. The van der Waals surface area contributed by atoms with Crippen molar-refractivity contribution in [1.82, 2.24) is 4.31 Å². The molecule has 0 spiro atoms. The first-order valence-corrected chi connectivity index (χ1v) is 9.94. The fraction of sp³-hybridized carbons (Fsp3) is 0.263. The van der Waals surface area contributed by atoms with E-state index in [0.717, 1.165) is 0 Å². The number of carboxylic acid groups (broad SMARTS) is 1. The highest BCUT2D eigenvalue weighted by molar-refractivity contribution is 7.89. The Morgan fingerprint density at radius 2 is 1.52 bits per heavy atom. The van der Waals surface area contributed by atoms with Crippen molar-refractivity contribution in [1.29, 1.82) is 0 Å². The van der Waals surface area contributed by atoms with Gasteiger partial charge in [0.2, 0.25) is 10.0 Å². The molecule has 0 aliphatic heterocycles. The van der Waals surface area contributed by atoms with E-state index in [1.807, 2.05) is 0 Å². The van der Waals surface area contributed by atoms with Crippen LogP contribution in [0.4, 0.5) is 5.69 Å². The Hall–Kier alpha value is -2.71. The van der Waals surface area contributed by atoms with Crippen LogP contribution in [0.3, 0.4) is 0 Å². The molecule has 0 aliphatic carbocycles. The standard InChI is InChI=1S/C19H22N2O5S/c1-3-21(4-2)27(25,26)17-11-7-15(8-12-17)19(24)20-16-9-5-14(6-10-16)13-18(22)23/h5-12H,3-4,13H2,1-2H3,(H,20,24)(H,22,23). The lowest BCUT2D eigenvalue weighted by Gasteiger charge is -2.18. The molecule has 0 bridgehead atoms. The molecule has 0 atom stereocenters. The van der Waals surface area contributed by atoms with E-state index in [-0.39, 0.29) is 17.2 Å². The Kier molecular flexibility index (Phi) is 6.70. The van der Waals surface area contributed by atoms with Crippen molar-refractivity contribution in [3.63, 3.8) is 0 Å². The highest BCUT2D eigenvalue weighted by atomic mass is 32.2. The number of nitrogens with zero attached hydrogens (tertiary/aromatic N) is 1. The minimum absolute atomic E-state index is 0.0866. The summed E-state index contributed by atoms with van der Waals surface area (Å²) >= 11 is 0. The molecule has 0 saturated carbocycles. The molecule has 144 valence electrons. The number of carbonyl (C=O) groups is 2. The third-order valence-corrected chi connectivity index (χ3v) is 6.09. The molecule has 2 N–H and O–H groups in total. The number of rotatable bonds is 8. The van der Waals surface area contributed by atoms with Gasteiger partial charge in [0.25, 0.3) is 5.91 Å². The van der Waals surface area contributed by atoms with E-state index < -0.39 is 16.0 Å². The van der Waals surface area contributed by atoms with Gasteiger partial charge in [-0.1, -0.05) is 26.0 Å². The first-order valence-electron chi connectivity index (χ1n) is 8.50. The van der Waals surface area contributed by atoms with E-state index in [1.54, 1.807) is 38.1 Å². The maximum atomic E-state index is 12.5. The Balaban J connectivity index is 2.10. The maximum Gasteiger partial charge on any atom is 0.307 e. The predicted octanol–water partition coefficient (Wildman–Crippen LogP) is 2.60. The van der Waals surface area contributed by atoms with Gasteiger partial charge in [-0.25, -0.2) is 8.42 Å². The van der Waals surface area contributed by atoms with Crippen molar-refractivity contribution in [2.45, 2.75) is 25.2 Å². The van der Waals surface area contributed by atoms with Gasteiger partial charge in [-0.3, -0.25) is 9.59 Å².